The molecule has 0 saturated heterocycles. The van der Waals surface area contributed by atoms with Crippen molar-refractivity contribution in [1.82, 2.24) is 4.98 Å². The Kier molecular flexibility index (Phi) is 2.22. The summed E-state index contributed by atoms with van der Waals surface area (Å²) in [5, 5.41) is 0. The van der Waals surface area contributed by atoms with Crippen molar-refractivity contribution < 1.29 is 4.79 Å². The predicted octanol–water partition coefficient (Wildman–Crippen LogP) is 0.894. The number of aromatic nitrogens is 1. The monoisotopic (exact) mass is 131 g/mol. The van der Waals surface area contributed by atoms with Crippen LogP contribution < -0.4 is 0 Å². The maximum absolute atomic E-state index is 9.85. The highest BCUT2D eigenvalue weighted by molar-refractivity contribution is 5.73. The summed E-state index contributed by atoms with van der Waals surface area (Å²) in [4.78, 5) is 13.5. The molecule has 2 heteroatoms. The van der Waals surface area contributed by atoms with Crippen molar-refractivity contribution in [1.29, 1.82) is 0 Å². The molecule has 0 saturated carbocycles. The first kappa shape index (κ1) is 6.50. The third kappa shape index (κ3) is 1.71. The van der Waals surface area contributed by atoms with Gasteiger partial charge in [-0.15, -0.1) is 0 Å². The molecule has 2 nitrogen and oxygen atoms in total. The Morgan fingerprint density at radius 3 is 3.10 bits per heavy atom. The Morgan fingerprint density at radius 2 is 2.50 bits per heavy atom. The molecule has 0 N–H and O–H groups in total. The average Bonchev–Trinajstić information content (AvgIpc) is 2.03. The second-order valence-electron chi connectivity index (χ2n) is 1.65. The Labute approximate surface area is 59.2 Å². The number of nitrogens with zero attached hydrogens (tertiary/aromatic N) is 1. The topological polar surface area (TPSA) is 30.0 Å². The van der Waals surface area contributed by atoms with Crippen LogP contribution in [0.5, 0.6) is 0 Å². The average molecular weight is 131 g/mol. The Bertz CT molecular complexity index is 228. The van der Waals surface area contributed by atoms with Gasteiger partial charge in [-0.1, -0.05) is 0 Å². The predicted molar refractivity (Wildman–Crippen MR) is 37.0 cm³/mol. The molecular weight excluding hydrogens is 126 g/mol. The van der Waals surface area contributed by atoms with Crippen molar-refractivity contribution in [3.8, 4) is 0 Å². The van der Waals surface area contributed by atoms with Gasteiger partial charge in [0.15, 0.2) is 0 Å². The summed E-state index contributed by atoms with van der Waals surface area (Å²) in [5.41, 5.74) is 0.853. The van der Waals surface area contributed by atoms with E-state index in [0.717, 1.165) is 11.8 Å². The summed E-state index contributed by atoms with van der Waals surface area (Å²) < 4.78 is 0. The lowest BCUT2D eigenvalue weighted by Gasteiger charge is -1.81. The van der Waals surface area contributed by atoms with Crippen LogP contribution in [0.3, 0.4) is 0 Å². The first-order valence-corrected chi connectivity index (χ1v) is 2.79. The van der Waals surface area contributed by atoms with Gasteiger partial charge in [0.2, 0.25) is 0 Å². The van der Waals surface area contributed by atoms with Crippen LogP contribution in [-0.2, 0) is 4.79 Å². The van der Waals surface area contributed by atoms with Crippen LogP contribution in [0.2, 0.25) is 0 Å². The number of hydrogen-bond donors (Lipinski definition) is 0. The fraction of sp³-hybridized carbons (Fsp3) is 0. The van der Waals surface area contributed by atoms with Crippen LogP contribution in [0.25, 0.3) is 6.08 Å². The summed E-state index contributed by atoms with van der Waals surface area (Å²) >= 11 is 0. The van der Waals surface area contributed by atoms with Crippen molar-refractivity contribution in [2.45, 2.75) is 0 Å². The number of aldehydes is 1. The van der Waals surface area contributed by atoms with E-state index in [4.69, 9.17) is 0 Å². The highest BCUT2D eigenvalue weighted by Crippen LogP contribution is 1.93. The quantitative estimate of drug-likeness (QED) is 0.440. The molecule has 0 bridgehead atoms. The van der Waals surface area contributed by atoms with E-state index in [0.29, 0.717) is 0 Å². The van der Waals surface area contributed by atoms with Crippen molar-refractivity contribution >= 4 is 12.4 Å². The molecule has 0 fully saturated rings. The minimum absolute atomic E-state index is 0.719. The molecule has 0 spiro atoms. The fourth-order valence-electron chi connectivity index (χ4n) is 0.538. The zero-order valence-corrected chi connectivity index (χ0v) is 5.24. The van der Waals surface area contributed by atoms with Crippen molar-refractivity contribution in [2.75, 3.05) is 0 Å². The molecule has 0 amide bonds. The van der Waals surface area contributed by atoms with Gasteiger partial charge in [-0.05, 0) is 24.3 Å². The van der Waals surface area contributed by atoms with Crippen molar-refractivity contribution in [3.63, 3.8) is 0 Å². The molecule has 0 aromatic carbocycles. The number of carbonyl (C=O) groups is 1. The first-order valence-electron chi connectivity index (χ1n) is 2.79. The number of allylic oxidation sites excluding steroid dienone is 1. The zero-order valence-electron chi connectivity index (χ0n) is 5.24. The maximum atomic E-state index is 9.85. The molecule has 10 heavy (non-hydrogen) atoms. The lowest BCUT2D eigenvalue weighted by atomic mass is 10.3. The molecular formula is C8H5NO. The van der Waals surface area contributed by atoms with Gasteiger partial charge in [0.05, 0.1) is 0 Å². The summed E-state index contributed by atoms with van der Waals surface area (Å²) in [6, 6.07) is 4.37. The minimum atomic E-state index is 0.719. The van der Waals surface area contributed by atoms with Crippen LogP contribution in [0, 0.1) is 12.3 Å². The van der Waals surface area contributed by atoms with E-state index in [1.807, 2.05) is 0 Å². The van der Waals surface area contributed by atoms with Gasteiger partial charge in [0, 0.05) is 18.0 Å². The third-order valence-corrected chi connectivity index (χ3v) is 0.949. The molecule has 1 aromatic rings. The normalized spacial score (nSPS) is 9.20. The summed E-state index contributed by atoms with van der Waals surface area (Å²) in [7, 11) is 0. The number of hydrogen-bond acceptors (Lipinski definition) is 2. The van der Waals surface area contributed by atoms with E-state index in [2.05, 4.69) is 17.2 Å². The Hall–Kier alpha value is -1.62. The van der Waals surface area contributed by atoms with Crippen molar-refractivity contribution in [3.05, 3.63) is 36.2 Å². The number of rotatable bonds is 2. The van der Waals surface area contributed by atoms with E-state index in [1.54, 1.807) is 18.3 Å². The zero-order chi connectivity index (χ0) is 7.23. The largest absolute Gasteiger partial charge is 0.299 e. The highest BCUT2D eigenvalue weighted by atomic mass is 16.1. The maximum Gasteiger partial charge on any atom is 0.142 e. The Balaban J connectivity index is 2.76. The standard InChI is InChI=1S/C8H5NO/c10-6-2-4-8-3-1-5-9-7-8/h2-4,6-7H/b4-2+. The SMILES string of the molecule is O=C/C=C/c1cc#cnc1. The molecule has 0 atom stereocenters. The minimum Gasteiger partial charge on any atom is -0.299 e. The fourth-order valence-corrected chi connectivity index (χ4v) is 0.538. The Morgan fingerprint density at radius 1 is 1.60 bits per heavy atom. The molecule has 1 aromatic heterocycles. The second kappa shape index (κ2) is 3.41. The highest BCUT2D eigenvalue weighted by Gasteiger charge is 1.79. The van der Waals surface area contributed by atoms with Crippen LogP contribution in [0.4, 0.5) is 0 Å². The van der Waals surface area contributed by atoms with Crippen LogP contribution in [0.1, 0.15) is 5.56 Å². The lowest BCUT2D eigenvalue weighted by Crippen LogP contribution is -1.70. The van der Waals surface area contributed by atoms with Crippen LogP contribution in [-0.4, -0.2) is 11.3 Å². The van der Waals surface area contributed by atoms with Crippen LogP contribution >= 0.6 is 0 Å². The van der Waals surface area contributed by atoms with Gasteiger partial charge in [0.25, 0.3) is 0 Å². The van der Waals surface area contributed by atoms with Gasteiger partial charge < -0.3 is 0 Å². The van der Waals surface area contributed by atoms with Gasteiger partial charge in [-0.3, -0.25) is 4.79 Å². The van der Waals surface area contributed by atoms with E-state index in [-0.39, 0.29) is 0 Å². The van der Waals surface area contributed by atoms with Crippen LogP contribution in [0.15, 0.2) is 18.3 Å². The molecule has 1 heterocycles. The van der Waals surface area contributed by atoms with E-state index in [1.165, 1.54) is 6.08 Å². The lowest BCUT2D eigenvalue weighted by molar-refractivity contribution is -0.104. The number of carbonyl (C=O) groups excluding carboxylic acids is 1. The third-order valence-electron chi connectivity index (χ3n) is 0.949. The van der Waals surface area contributed by atoms with E-state index < -0.39 is 0 Å². The first-order chi connectivity index (χ1) is 4.93. The summed E-state index contributed by atoms with van der Waals surface area (Å²) in [5.74, 6) is 0. The molecule has 0 aliphatic rings. The van der Waals surface area contributed by atoms with Gasteiger partial charge >= 0.3 is 0 Å². The van der Waals surface area contributed by atoms with Gasteiger partial charge in [-0.2, -0.15) is 0 Å². The second-order valence-corrected chi connectivity index (χ2v) is 1.65. The van der Waals surface area contributed by atoms with E-state index >= 15 is 0 Å². The molecule has 48 valence electrons. The molecule has 0 aliphatic carbocycles. The van der Waals surface area contributed by atoms with Gasteiger partial charge in [0.1, 0.15) is 6.29 Å². The molecule has 0 unspecified atom stereocenters. The van der Waals surface area contributed by atoms with Gasteiger partial charge in [-0.25, -0.2) is 4.98 Å². The smallest absolute Gasteiger partial charge is 0.142 e. The molecule has 1 rings (SSSR count). The summed E-state index contributed by atoms with van der Waals surface area (Å²) in [6.07, 6.45) is 7.90. The molecule has 0 radical (unpaired) electrons. The van der Waals surface area contributed by atoms with Crippen molar-refractivity contribution in [2.24, 2.45) is 0 Å². The summed E-state index contributed by atoms with van der Waals surface area (Å²) in [6.45, 7) is 0. The molecule has 0 aliphatic heterocycles. The van der Waals surface area contributed by atoms with E-state index in [9.17, 15) is 4.79 Å².